The Morgan fingerprint density at radius 2 is 2.00 bits per heavy atom. The average molecular weight is 314 g/mol. The van der Waals surface area contributed by atoms with Gasteiger partial charge in [-0.1, -0.05) is 18.5 Å². The van der Waals surface area contributed by atoms with Crippen LogP contribution in [0.1, 0.15) is 33.6 Å². The fraction of sp³-hybridized carbons (Fsp3) is 0.562. The zero-order chi connectivity index (χ0) is 15.9. The van der Waals surface area contributed by atoms with E-state index in [9.17, 15) is 4.79 Å². The van der Waals surface area contributed by atoms with Crippen LogP contribution in [0.5, 0.6) is 5.75 Å². The van der Waals surface area contributed by atoms with E-state index in [4.69, 9.17) is 21.4 Å². The molecule has 0 saturated heterocycles. The van der Waals surface area contributed by atoms with Crippen LogP contribution in [-0.4, -0.2) is 29.8 Å². The number of carbonyl (C=O) groups excluding carboxylic acids is 1. The highest BCUT2D eigenvalue weighted by molar-refractivity contribution is 6.30. The first-order valence-corrected chi connectivity index (χ1v) is 7.56. The molecule has 1 rings (SSSR count). The van der Waals surface area contributed by atoms with Crippen molar-refractivity contribution in [3.05, 3.63) is 29.3 Å². The molecule has 1 unspecified atom stereocenters. The molecule has 0 aliphatic carbocycles. The summed E-state index contributed by atoms with van der Waals surface area (Å²) < 4.78 is 5.71. The van der Waals surface area contributed by atoms with Crippen LogP contribution in [0.3, 0.4) is 0 Å². The van der Waals surface area contributed by atoms with Gasteiger partial charge in [0, 0.05) is 18.2 Å². The summed E-state index contributed by atoms with van der Waals surface area (Å²) in [5.74, 6) is 0.711. The van der Waals surface area contributed by atoms with Crippen LogP contribution < -0.4 is 10.1 Å². The van der Waals surface area contributed by atoms with Crippen molar-refractivity contribution in [1.82, 2.24) is 5.32 Å². The molecule has 0 spiro atoms. The second kappa shape index (κ2) is 8.25. The lowest BCUT2D eigenvalue weighted by Gasteiger charge is -2.25. The molecule has 1 aromatic rings. The van der Waals surface area contributed by atoms with Crippen LogP contribution in [0.15, 0.2) is 24.3 Å². The quantitative estimate of drug-likeness (QED) is 0.725. The Bertz CT molecular complexity index is 445. The molecule has 0 aromatic heterocycles. The zero-order valence-corrected chi connectivity index (χ0v) is 13.6. The van der Waals surface area contributed by atoms with Crippen LogP contribution in [0.2, 0.25) is 5.02 Å². The van der Waals surface area contributed by atoms with Crippen molar-refractivity contribution in [2.45, 2.75) is 39.2 Å². The lowest BCUT2D eigenvalue weighted by atomic mass is 10.1. The zero-order valence-electron chi connectivity index (χ0n) is 12.9. The van der Waals surface area contributed by atoms with Gasteiger partial charge in [0.05, 0.1) is 0 Å². The Kier molecular flexibility index (Phi) is 6.99. The summed E-state index contributed by atoms with van der Waals surface area (Å²) in [5.41, 5.74) is -0.948. The van der Waals surface area contributed by atoms with Gasteiger partial charge in [-0.05, 0) is 56.9 Å². The molecule has 0 saturated carbocycles. The SMILES string of the molecule is CC(CO)CCCNC(=O)C(C)(C)Oc1ccc(Cl)cc1. The third-order valence-corrected chi connectivity index (χ3v) is 3.46. The van der Waals surface area contributed by atoms with Crippen molar-refractivity contribution in [3.8, 4) is 5.75 Å². The van der Waals surface area contributed by atoms with Gasteiger partial charge in [0.2, 0.25) is 0 Å². The number of aliphatic hydroxyl groups excluding tert-OH is 1. The largest absolute Gasteiger partial charge is 0.478 e. The molecular formula is C16H24ClNO3. The molecule has 4 nitrogen and oxygen atoms in total. The van der Waals surface area contributed by atoms with Gasteiger partial charge in [-0.25, -0.2) is 0 Å². The number of ether oxygens (including phenoxy) is 1. The van der Waals surface area contributed by atoms with Gasteiger partial charge in [0.1, 0.15) is 5.75 Å². The summed E-state index contributed by atoms with van der Waals surface area (Å²) >= 11 is 5.81. The third-order valence-electron chi connectivity index (χ3n) is 3.20. The second-order valence-corrected chi connectivity index (χ2v) is 6.19. The number of nitrogens with one attached hydrogen (secondary N) is 1. The van der Waals surface area contributed by atoms with Crippen molar-refractivity contribution in [2.75, 3.05) is 13.2 Å². The number of carbonyl (C=O) groups is 1. The molecule has 5 heteroatoms. The van der Waals surface area contributed by atoms with Crippen LogP contribution in [0.4, 0.5) is 0 Å². The highest BCUT2D eigenvalue weighted by atomic mass is 35.5. The second-order valence-electron chi connectivity index (χ2n) is 5.75. The first-order chi connectivity index (χ1) is 9.85. The van der Waals surface area contributed by atoms with Crippen LogP contribution in [-0.2, 0) is 4.79 Å². The summed E-state index contributed by atoms with van der Waals surface area (Å²) in [6, 6.07) is 6.92. The highest BCUT2D eigenvalue weighted by Crippen LogP contribution is 2.21. The van der Waals surface area contributed by atoms with E-state index in [0.717, 1.165) is 12.8 Å². The smallest absolute Gasteiger partial charge is 0.263 e. The molecule has 1 aromatic carbocycles. The molecular weight excluding hydrogens is 290 g/mol. The van der Waals surface area contributed by atoms with Crippen molar-refractivity contribution in [3.63, 3.8) is 0 Å². The van der Waals surface area contributed by atoms with Crippen molar-refractivity contribution in [1.29, 1.82) is 0 Å². The number of hydrogen-bond donors (Lipinski definition) is 2. The van der Waals surface area contributed by atoms with Gasteiger partial charge >= 0.3 is 0 Å². The van der Waals surface area contributed by atoms with Gasteiger partial charge in [-0.2, -0.15) is 0 Å². The first kappa shape index (κ1) is 17.8. The minimum Gasteiger partial charge on any atom is -0.478 e. The number of hydrogen-bond acceptors (Lipinski definition) is 3. The van der Waals surface area contributed by atoms with E-state index in [0.29, 0.717) is 17.3 Å². The summed E-state index contributed by atoms with van der Waals surface area (Å²) in [6.07, 6.45) is 1.72. The van der Waals surface area contributed by atoms with Crippen LogP contribution in [0.25, 0.3) is 0 Å². The maximum atomic E-state index is 12.1. The number of rotatable bonds is 8. The predicted octanol–water partition coefficient (Wildman–Crippen LogP) is 3.02. The molecule has 1 amide bonds. The molecule has 0 radical (unpaired) electrons. The number of amides is 1. The molecule has 0 bridgehead atoms. The summed E-state index contributed by atoms with van der Waals surface area (Å²) in [7, 11) is 0. The van der Waals surface area contributed by atoms with E-state index < -0.39 is 5.60 Å². The molecule has 0 heterocycles. The van der Waals surface area contributed by atoms with Crippen molar-refractivity contribution in [2.24, 2.45) is 5.92 Å². The molecule has 0 aliphatic rings. The van der Waals surface area contributed by atoms with Gasteiger partial charge < -0.3 is 15.2 Å². The number of benzene rings is 1. The lowest BCUT2D eigenvalue weighted by Crippen LogP contribution is -2.46. The molecule has 118 valence electrons. The van der Waals surface area contributed by atoms with E-state index in [1.54, 1.807) is 38.1 Å². The maximum absolute atomic E-state index is 12.1. The fourth-order valence-corrected chi connectivity index (χ4v) is 1.93. The molecule has 21 heavy (non-hydrogen) atoms. The van der Waals surface area contributed by atoms with Crippen LogP contribution >= 0.6 is 11.6 Å². The van der Waals surface area contributed by atoms with Gasteiger partial charge in [0.15, 0.2) is 5.60 Å². The van der Waals surface area contributed by atoms with Gasteiger partial charge in [0.25, 0.3) is 5.91 Å². The van der Waals surface area contributed by atoms with E-state index in [-0.39, 0.29) is 18.4 Å². The average Bonchev–Trinajstić information content (AvgIpc) is 2.45. The minimum atomic E-state index is -0.948. The Balaban J connectivity index is 2.42. The summed E-state index contributed by atoms with van der Waals surface area (Å²) in [4.78, 5) is 12.1. The Hall–Kier alpha value is -1.26. The monoisotopic (exact) mass is 313 g/mol. The van der Waals surface area contributed by atoms with Gasteiger partial charge in [-0.3, -0.25) is 4.79 Å². The highest BCUT2D eigenvalue weighted by Gasteiger charge is 2.29. The molecule has 0 fully saturated rings. The number of aliphatic hydroxyl groups is 1. The fourth-order valence-electron chi connectivity index (χ4n) is 1.80. The first-order valence-electron chi connectivity index (χ1n) is 7.19. The third kappa shape index (κ3) is 6.36. The number of halogens is 1. The van der Waals surface area contributed by atoms with Gasteiger partial charge in [-0.15, -0.1) is 0 Å². The Morgan fingerprint density at radius 1 is 1.38 bits per heavy atom. The minimum absolute atomic E-state index is 0.158. The molecule has 0 aliphatic heterocycles. The van der Waals surface area contributed by atoms with Crippen molar-refractivity contribution < 1.29 is 14.6 Å². The van der Waals surface area contributed by atoms with E-state index in [1.807, 2.05) is 6.92 Å². The maximum Gasteiger partial charge on any atom is 0.263 e. The molecule has 2 N–H and O–H groups in total. The van der Waals surface area contributed by atoms with Crippen LogP contribution in [0, 0.1) is 5.92 Å². The van der Waals surface area contributed by atoms with E-state index >= 15 is 0 Å². The Labute approximate surface area is 131 Å². The van der Waals surface area contributed by atoms with Crippen molar-refractivity contribution >= 4 is 17.5 Å². The Morgan fingerprint density at radius 3 is 2.57 bits per heavy atom. The predicted molar refractivity (Wildman–Crippen MR) is 84.7 cm³/mol. The normalized spacial score (nSPS) is 12.8. The molecule has 1 atom stereocenters. The van der Waals surface area contributed by atoms with E-state index in [2.05, 4.69) is 5.32 Å². The summed E-state index contributed by atoms with van der Waals surface area (Å²) in [6.45, 7) is 6.20. The lowest BCUT2D eigenvalue weighted by molar-refractivity contribution is -0.134. The van der Waals surface area contributed by atoms with E-state index in [1.165, 1.54) is 0 Å². The summed E-state index contributed by atoms with van der Waals surface area (Å²) in [5, 5.41) is 12.4. The standard InChI is InChI=1S/C16H24ClNO3/c1-12(11-19)5-4-10-18-15(20)16(2,3)21-14-8-6-13(17)7-9-14/h6-9,12,19H,4-5,10-11H2,1-3H3,(H,18,20). The topological polar surface area (TPSA) is 58.6 Å².